The van der Waals surface area contributed by atoms with Gasteiger partial charge < -0.3 is 10.3 Å². The second-order valence-corrected chi connectivity index (χ2v) is 3.13. The van der Waals surface area contributed by atoms with Gasteiger partial charge in [0.2, 0.25) is 5.91 Å². The molecule has 0 radical (unpaired) electrons. The lowest BCUT2D eigenvalue weighted by molar-refractivity contribution is 0.0821. The zero-order chi connectivity index (χ0) is 10.4. The quantitative estimate of drug-likeness (QED) is 0.687. The Balaban J connectivity index is 2.57. The summed E-state index contributed by atoms with van der Waals surface area (Å²) in [5.41, 5.74) is 0.457. The van der Waals surface area contributed by atoms with Gasteiger partial charge in [0.1, 0.15) is 0 Å². The molecule has 0 atom stereocenters. The molecule has 0 spiro atoms. The van der Waals surface area contributed by atoms with Crippen LogP contribution in [0.25, 0.3) is 0 Å². The molecule has 76 valence electrons. The smallest absolute Gasteiger partial charge is 0.243 e. The van der Waals surface area contributed by atoms with Gasteiger partial charge in [0.05, 0.1) is 0 Å². The summed E-state index contributed by atoms with van der Waals surface area (Å²) in [7, 11) is 0. The van der Waals surface area contributed by atoms with Gasteiger partial charge in [-0.15, -0.1) is 0 Å². The van der Waals surface area contributed by atoms with E-state index in [-0.39, 0.29) is 6.54 Å². The highest BCUT2D eigenvalue weighted by atomic mass is 16.5. The van der Waals surface area contributed by atoms with Gasteiger partial charge in [0.15, 0.2) is 0 Å². The molecule has 0 bridgehead atoms. The van der Waals surface area contributed by atoms with E-state index in [0.717, 1.165) is 12.8 Å². The maximum absolute atomic E-state index is 11.5. The number of hydrogen-bond donors (Lipinski definition) is 0. The molecule has 14 heavy (non-hydrogen) atoms. The first kappa shape index (κ1) is 10.7. The van der Waals surface area contributed by atoms with E-state index < -0.39 is 5.91 Å². The van der Waals surface area contributed by atoms with Crippen molar-refractivity contribution in [3.63, 3.8) is 0 Å². The molecule has 0 heterocycles. The van der Waals surface area contributed by atoms with Crippen molar-refractivity contribution in [3.8, 4) is 0 Å². The second-order valence-electron chi connectivity index (χ2n) is 3.13. The molecule has 0 saturated carbocycles. The number of benzene rings is 1. The zero-order valence-corrected chi connectivity index (χ0v) is 8.27. The minimum absolute atomic E-state index is 0.282. The molecule has 3 heteroatoms. The molecule has 0 aromatic heterocycles. The van der Waals surface area contributed by atoms with Crippen molar-refractivity contribution >= 4 is 5.91 Å². The van der Waals surface area contributed by atoms with Crippen molar-refractivity contribution in [1.29, 1.82) is 0 Å². The number of carbonyl (C=O) groups excluding carboxylic acids is 1. The second kappa shape index (κ2) is 5.40. The summed E-state index contributed by atoms with van der Waals surface area (Å²) in [4.78, 5) is 11.5. The molecule has 3 nitrogen and oxygen atoms in total. The fourth-order valence-corrected chi connectivity index (χ4v) is 1.13. The van der Waals surface area contributed by atoms with Crippen LogP contribution in [0.15, 0.2) is 30.3 Å². The molecular formula is C11H14NO2-. The molecule has 1 aromatic rings. The molecule has 0 N–H and O–H groups in total. The standard InChI is InChI=1S/C11H14NO2/c1-2-3-9-12(14)11(13)10-7-5-4-6-8-10/h4-8H,2-3,9H2,1H3/q-1. The highest BCUT2D eigenvalue weighted by Gasteiger charge is 2.05. The van der Waals surface area contributed by atoms with Gasteiger partial charge in [0.25, 0.3) is 0 Å². The average Bonchev–Trinajstić information content (AvgIpc) is 2.26. The van der Waals surface area contributed by atoms with E-state index in [0.29, 0.717) is 10.6 Å². The van der Waals surface area contributed by atoms with Gasteiger partial charge in [-0.3, -0.25) is 4.79 Å². The molecule has 0 aliphatic rings. The monoisotopic (exact) mass is 192 g/mol. The van der Waals surface area contributed by atoms with Gasteiger partial charge in [-0.2, -0.15) is 0 Å². The summed E-state index contributed by atoms with van der Waals surface area (Å²) in [5, 5.41) is 11.8. The Bertz CT molecular complexity index is 285. The average molecular weight is 192 g/mol. The van der Waals surface area contributed by atoms with Crippen molar-refractivity contribution in [2.75, 3.05) is 6.54 Å². The van der Waals surface area contributed by atoms with E-state index in [1.807, 2.05) is 13.0 Å². The first-order valence-electron chi connectivity index (χ1n) is 4.79. The number of unbranched alkanes of at least 4 members (excludes halogenated alkanes) is 1. The lowest BCUT2D eigenvalue weighted by Gasteiger charge is -2.27. The van der Waals surface area contributed by atoms with Crippen LogP contribution < -0.4 is 0 Å². The lowest BCUT2D eigenvalue weighted by atomic mass is 10.2. The molecule has 0 fully saturated rings. The van der Waals surface area contributed by atoms with Crippen molar-refractivity contribution in [2.45, 2.75) is 19.8 Å². The third-order valence-electron chi connectivity index (χ3n) is 1.96. The third kappa shape index (κ3) is 2.85. The van der Waals surface area contributed by atoms with E-state index in [1.54, 1.807) is 24.3 Å². The first-order valence-corrected chi connectivity index (χ1v) is 4.79. The Morgan fingerprint density at radius 3 is 2.57 bits per heavy atom. The summed E-state index contributed by atoms with van der Waals surface area (Å²) >= 11 is 0. The van der Waals surface area contributed by atoms with E-state index in [1.165, 1.54) is 0 Å². The predicted molar refractivity (Wildman–Crippen MR) is 55.8 cm³/mol. The van der Waals surface area contributed by atoms with E-state index in [9.17, 15) is 10.0 Å². The van der Waals surface area contributed by atoms with E-state index in [2.05, 4.69) is 0 Å². The molecule has 1 aromatic carbocycles. The molecule has 0 aliphatic carbocycles. The number of amides is 1. The van der Waals surface area contributed by atoms with E-state index >= 15 is 0 Å². The van der Waals surface area contributed by atoms with Gasteiger partial charge >= 0.3 is 0 Å². The van der Waals surface area contributed by atoms with Crippen LogP contribution in [0, 0.1) is 5.21 Å². The number of hydrogen-bond acceptors (Lipinski definition) is 2. The lowest BCUT2D eigenvalue weighted by Crippen LogP contribution is -2.25. The summed E-state index contributed by atoms with van der Waals surface area (Å²) in [6, 6.07) is 8.62. The molecule has 1 amide bonds. The highest BCUT2D eigenvalue weighted by molar-refractivity contribution is 5.94. The predicted octanol–water partition coefficient (Wildman–Crippen LogP) is 2.43. The minimum atomic E-state index is -0.445. The molecular weight excluding hydrogens is 178 g/mol. The van der Waals surface area contributed by atoms with Gasteiger partial charge in [-0.1, -0.05) is 31.5 Å². The van der Waals surface area contributed by atoms with Gasteiger partial charge in [0, 0.05) is 12.1 Å². The van der Waals surface area contributed by atoms with Crippen LogP contribution in [0.3, 0.4) is 0 Å². The van der Waals surface area contributed by atoms with Crippen LogP contribution in [0.4, 0.5) is 0 Å². The fraction of sp³-hybridized carbons (Fsp3) is 0.364. The van der Waals surface area contributed by atoms with Crippen molar-refractivity contribution in [2.24, 2.45) is 0 Å². The Morgan fingerprint density at radius 2 is 2.00 bits per heavy atom. The van der Waals surface area contributed by atoms with Crippen LogP contribution >= 0.6 is 0 Å². The van der Waals surface area contributed by atoms with Crippen LogP contribution in [-0.4, -0.2) is 17.5 Å². The maximum Gasteiger partial charge on any atom is 0.243 e. The van der Waals surface area contributed by atoms with Crippen molar-refractivity contribution < 1.29 is 4.79 Å². The maximum atomic E-state index is 11.5. The highest BCUT2D eigenvalue weighted by Crippen LogP contribution is 2.04. The van der Waals surface area contributed by atoms with Crippen molar-refractivity contribution in [1.82, 2.24) is 5.06 Å². The number of hydroxylamine groups is 2. The summed E-state index contributed by atoms with van der Waals surface area (Å²) in [5.74, 6) is -0.445. The number of nitrogens with zero attached hydrogens (tertiary/aromatic N) is 1. The summed E-state index contributed by atoms with van der Waals surface area (Å²) in [6.45, 7) is 2.27. The third-order valence-corrected chi connectivity index (χ3v) is 1.96. The topological polar surface area (TPSA) is 43.4 Å². The van der Waals surface area contributed by atoms with Crippen LogP contribution in [0.2, 0.25) is 0 Å². The fourth-order valence-electron chi connectivity index (χ4n) is 1.13. The Hall–Kier alpha value is -1.35. The molecule has 0 unspecified atom stereocenters. The molecule has 0 saturated heterocycles. The summed E-state index contributed by atoms with van der Waals surface area (Å²) in [6.07, 6.45) is 1.67. The Labute approximate surface area is 83.9 Å². The number of carbonyl (C=O) groups is 1. The van der Waals surface area contributed by atoms with Crippen LogP contribution in [-0.2, 0) is 0 Å². The SMILES string of the molecule is CCCCN([O-])C(=O)c1ccccc1. The largest absolute Gasteiger partial charge is 0.756 e. The van der Waals surface area contributed by atoms with Crippen molar-refractivity contribution in [3.05, 3.63) is 41.1 Å². The zero-order valence-electron chi connectivity index (χ0n) is 8.27. The minimum Gasteiger partial charge on any atom is -0.756 e. The van der Waals surface area contributed by atoms with Crippen LogP contribution in [0.5, 0.6) is 0 Å². The van der Waals surface area contributed by atoms with Gasteiger partial charge in [-0.05, 0) is 18.6 Å². The molecule has 0 aliphatic heterocycles. The normalized spacial score (nSPS) is 9.86. The Kier molecular flexibility index (Phi) is 4.13. The van der Waals surface area contributed by atoms with E-state index in [4.69, 9.17) is 0 Å². The summed E-state index contributed by atoms with van der Waals surface area (Å²) < 4.78 is 0. The number of rotatable bonds is 4. The first-order chi connectivity index (χ1) is 6.75. The Morgan fingerprint density at radius 1 is 1.36 bits per heavy atom. The molecule has 1 rings (SSSR count). The van der Waals surface area contributed by atoms with Crippen LogP contribution in [0.1, 0.15) is 30.1 Å². The van der Waals surface area contributed by atoms with Gasteiger partial charge in [-0.25, -0.2) is 0 Å².